The molecule has 0 spiro atoms. The van der Waals surface area contributed by atoms with Crippen LogP contribution in [0.4, 0.5) is 0 Å². The smallest absolute Gasteiger partial charge is 0.336 e. The molecule has 0 unspecified atom stereocenters. The largest absolute Gasteiger partial charge is 0.493 e. The second-order valence-corrected chi connectivity index (χ2v) is 5.56. The van der Waals surface area contributed by atoms with Crippen LogP contribution >= 0.6 is 0 Å². The van der Waals surface area contributed by atoms with Crippen molar-refractivity contribution < 1.29 is 13.9 Å². The van der Waals surface area contributed by atoms with Crippen LogP contribution in [0, 0.1) is 6.92 Å². The maximum absolute atomic E-state index is 11.4. The maximum Gasteiger partial charge on any atom is 0.336 e. The zero-order valence-corrected chi connectivity index (χ0v) is 12.8. The van der Waals surface area contributed by atoms with Crippen LogP contribution in [0.2, 0.25) is 0 Å². The summed E-state index contributed by atoms with van der Waals surface area (Å²) < 4.78 is 16.3. The number of hydrogen-bond donors (Lipinski definition) is 0. The molecule has 1 fully saturated rings. The summed E-state index contributed by atoms with van der Waals surface area (Å²) in [6.45, 7) is 7.22. The summed E-state index contributed by atoms with van der Waals surface area (Å²) in [4.78, 5) is 13.8. The number of benzene rings is 1. The summed E-state index contributed by atoms with van der Waals surface area (Å²) in [5.41, 5.74) is 1.18. The first kappa shape index (κ1) is 15.1. The molecule has 2 heterocycles. The first-order valence-electron chi connectivity index (χ1n) is 7.70. The Morgan fingerprint density at radius 3 is 2.86 bits per heavy atom. The van der Waals surface area contributed by atoms with Gasteiger partial charge in [0.15, 0.2) is 0 Å². The Morgan fingerprint density at radius 2 is 2.05 bits per heavy atom. The maximum atomic E-state index is 11.4. The standard InChI is InChI=1S/C17H21NO4/c1-13-11-17(19)22-16-12-14(3-4-15(13)16)21-8-2-5-18-6-9-20-10-7-18/h3-4,11-12H,2,5-10H2,1H3. The molecule has 0 saturated carbocycles. The fourth-order valence-corrected chi connectivity index (χ4v) is 2.70. The molecule has 0 aliphatic carbocycles. The predicted molar refractivity (Wildman–Crippen MR) is 84.6 cm³/mol. The van der Waals surface area contributed by atoms with Gasteiger partial charge in [-0.05, 0) is 31.0 Å². The summed E-state index contributed by atoms with van der Waals surface area (Å²) in [5, 5.41) is 0.945. The Bertz CT molecular complexity index is 689. The molecule has 1 saturated heterocycles. The number of morpholine rings is 1. The van der Waals surface area contributed by atoms with Crippen molar-refractivity contribution in [2.75, 3.05) is 39.5 Å². The number of ether oxygens (including phenoxy) is 2. The SMILES string of the molecule is Cc1cc(=O)oc2cc(OCCCN3CCOCC3)ccc12. The zero-order valence-electron chi connectivity index (χ0n) is 12.8. The fourth-order valence-electron chi connectivity index (χ4n) is 2.70. The second kappa shape index (κ2) is 6.94. The Morgan fingerprint density at radius 1 is 1.23 bits per heavy atom. The van der Waals surface area contributed by atoms with Crippen molar-refractivity contribution in [3.05, 3.63) is 40.2 Å². The highest BCUT2D eigenvalue weighted by atomic mass is 16.5. The van der Waals surface area contributed by atoms with E-state index in [9.17, 15) is 4.79 Å². The molecule has 3 rings (SSSR count). The predicted octanol–water partition coefficient (Wildman–Crippen LogP) is 2.20. The van der Waals surface area contributed by atoms with E-state index in [2.05, 4.69) is 4.90 Å². The van der Waals surface area contributed by atoms with Gasteiger partial charge in [0.2, 0.25) is 0 Å². The highest BCUT2D eigenvalue weighted by molar-refractivity contribution is 5.81. The molecule has 0 atom stereocenters. The molecular weight excluding hydrogens is 282 g/mol. The third-order valence-corrected chi connectivity index (χ3v) is 3.91. The van der Waals surface area contributed by atoms with E-state index in [4.69, 9.17) is 13.9 Å². The topological polar surface area (TPSA) is 51.9 Å². The minimum atomic E-state index is -0.325. The van der Waals surface area contributed by atoms with Crippen molar-refractivity contribution in [1.29, 1.82) is 0 Å². The Balaban J connectivity index is 1.56. The summed E-state index contributed by atoms with van der Waals surface area (Å²) >= 11 is 0. The van der Waals surface area contributed by atoms with Crippen LogP contribution < -0.4 is 10.4 Å². The molecule has 0 amide bonds. The van der Waals surface area contributed by atoms with E-state index in [0.29, 0.717) is 12.2 Å². The number of rotatable bonds is 5. The van der Waals surface area contributed by atoms with Crippen molar-refractivity contribution in [2.45, 2.75) is 13.3 Å². The second-order valence-electron chi connectivity index (χ2n) is 5.56. The van der Waals surface area contributed by atoms with E-state index >= 15 is 0 Å². The van der Waals surface area contributed by atoms with Gasteiger partial charge in [-0.25, -0.2) is 4.79 Å². The summed E-state index contributed by atoms with van der Waals surface area (Å²) in [6, 6.07) is 7.15. The van der Waals surface area contributed by atoms with Crippen molar-refractivity contribution in [1.82, 2.24) is 4.90 Å². The molecule has 0 N–H and O–H groups in total. The Labute approximate surface area is 129 Å². The van der Waals surface area contributed by atoms with E-state index in [-0.39, 0.29) is 5.63 Å². The van der Waals surface area contributed by atoms with E-state index < -0.39 is 0 Å². The Kier molecular flexibility index (Phi) is 4.75. The summed E-state index contributed by atoms with van der Waals surface area (Å²) in [6.07, 6.45) is 0.968. The first-order valence-corrected chi connectivity index (χ1v) is 7.70. The third kappa shape index (κ3) is 3.67. The number of hydrogen-bond acceptors (Lipinski definition) is 5. The van der Waals surface area contributed by atoms with Crippen LogP contribution in [0.15, 0.2) is 33.5 Å². The normalized spacial score (nSPS) is 16.0. The lowest BCUT2D eigenvalue weighted by molar-refractivity contribution is 0.0358. The highest BCUT2D eigenvalue weighted by Gasteiger charge is 2.09. The quantitative estimate of drug-likeness (QED) is 0.626. The molecule has 22 heavy (non-hydrogen) atoms. The first-order chi connectivity index (χ1) is 10.7. The van der Waals surface area contributed by atoms with E-state index in [1.807, 2.05) is 19.1 Å². The molecule has 1 aliphatic heterocycles. The van der Waals surface area contributed by atoms with Crippen LogP contribution in [0.1, 0.15) is 12.0 Å². The van der Waals surface area contributed by atoms with Crippen molar-refractivity contribution in [3.63, 3.8) is 0 Å². The fraction of sp³-hybridized carbons (Fsp3) is 0.471. The molecule has 1 aliphatic rings. The van der Waals surface area contributed by atoms with Crippen LogP contribution in [-0.2, 0) is 4.74 Å². The zero-order chi connectivity index (χ0) is 15.4. The van der Waals surface area contributed by atoms with Gasteiger partial charge in [-0.15, -0.1) is 0 Å². The highest BCUT2D eigenvalue weighted by Crippen LogP contribution is 2.22. The van der Waals surface area contributed by atoms with Gasteiger partial charge in [0.05, 0.1) is 19.8 Å². The van der Waals surface area contributed by atoms with Crippen molar-refractivity contribution in [3.8, 4) is 5.75 Å². The van der Waals surface area contributed by atoms with E-state index in [1.165, 1.54) is 6.07 Å². The summed E-state index contributed by atoms with van der Waals surface area (Å²) in [5.74, 6) is 0.739. The molecule has 5 heteroatoms. The van der Waals surface area contributed by atoms with Gasteiger partial charge >= 0.3 is 5.63 Å². The molecule has 0 bridgehead atoms. The Hall–Kier alpha value is -1.85. The molecular formula is C17H21NO4. The van der Waals surface area contributed by atoms with E-state index in [1.54, 1.807) is 6.07 Å². The van der Waals surface area contributed by atoms with Crippen LogP contribution in [0.3, 0.4) is 0 Å². The molecule has 0 radical (unpaired) electrons. The average molecular weight is 303 g/mol. The van der Waals surface area contributed by atoms with Gasteiger partial charge in [-0.2, -0.15) is 0 Å². The monoisotopic (exact) mass is 303 g/mol. The molecule has 118 valence electrons. The third-order valence-electron chi connectivity index (χ3n) is 3.91. The van der Waals surface area contributed by atoms with Crippen LogP contribution in [0.25, 0.3) is 11.0 Å². The number of fused-ring (bicyclic) bond motifs is 1. The summed E-state index contributed by atoms with van der Waals surface area (Å²) in [7, 11) is 0. The van der Waals surface area contributed by atoms with E-state index in [0.717, 1.165) is 56.0 Å². The number of nitrogens with zero attached hydrogens (tertiary/aromatic N) is 1. The minimum Gasteiger partial charge on any atom is -0.493 e. The molecule has 2 aromatic rings. The van der Waals surface area contributed by atoms with Gasteiger partial charge in [0, 0.05) is 37.2 Å². The van der Waals surface area contributed by atoms with Gasteiger partial charge in [0.1, 0.15) is 11.3 Å². The van der Waals surface area contributed by atoms with Crippen molar-refractivity contribution >= 4 is 11.0 Å². The van der Waals surface area contributed by atoms with Crippen LogP contribution in [0.5, 0.6) is 5.75 Å². The lowest BCUT2D eigenvalue weighted by atomic mass is 10.1. The van der Waals surface area contributed by atoms with Gasteiger partial charge < -0.3 is 13.9 Å². The molecule has 1 aromatic heterocycles. The number of aryl methyl sites for hydroxylation is 1. The van der Waals surface area contributed by atoms with Gasteiger partial charge in [0.25, 0.3) is 0 Å². The van der Waals surface area contributed by atoms with Crippen LogP contribution in [-0.4, -0.2) is 44.4 Å². The minimum absolute atomic E-state index is 0.325. The lowest BCUT2D eigenvalue weighted by Crippen LogP contribution is -2.37. The lowest BCUT2D eigenvalue weighted by Gasteiger charge is -2.26. The molecule has 5 nitrogen and oxygen atoms in total. The van der Waals surface area contributed by atoms with Gasteiger partial charge in [-0.1, -0.05) is 0 Å². The molecule has 1 aromatic carbocycles. The van der Waals surface area contributed by atoms with Crippen molar-refractivity contribution in [2.24, 2.45) is 0 Å². The van der Waals surface area contributed by atoms with Gasteiger partial charge in [-0.3, -0.25) is 4.90 Å². The average Bonchev–Trinajstić information content (AvgIpc) is 2.52.